The topological polar surface area (TPSA) is 50.7 Å². The Morgan fingerprint density at radius 1 is 0.778 bits per heavy atom. The van der Waals surface area contributed by atoms with Gasteiger partial charge in [0.05, 0.1) is 0 Å². The van der Waals surface area contributed by atoms with E-state index in [4.69, 9.17) is 23.2 Å². The number of hydrogen-bond acceptors (Lipinski definition) is 4. The predicted molar refractivity (Wildman–Crippen MR) is 74.2 cm³/mol. The van der Waals surface area contributed by atoms with Crippen molar-refractivity contribution < 1.29 is 0 Å². The first kappa shape index (κ1) is 13.8. The van der Waals surface area contributed by atoms with E-state index >= 15 is 0 Å². The zero-order chi connectivity index (χ0) is 12.8. The van der Waals surface area contributed by atoms with Crippen LogP contribution in [0.1, 0.15) is 51.4 Å². The minimum absolute atomic E-state index is 0.139. The van der Waals surface area contributed by atoms with Crippen LogP contribution in [0, 0.1) is 0 Å². The lowest BCUT2D eigenvalue weighted by Gasteiger charge is -2.17. The molecule has 1 heterocycles. The van der Waals surface area contributed by atoms with E-state index in [-0.39, 0.29) is 10.6 Å². The summed E-state index contributed by atoms with van der Waals surface area (Å²) in [6, 6.07) is 0.414. The highest BCUT2D eigenvalue weighted by Crippen LogP contribution is 2.20. The SMILES string of the molecule is Clc1nc(Cl)nc(NC2CCCCCCCC2)n1. The lowest BCUT2D eigenvalue weighted by Crippen LogP contribution is -2.21. The van der Waals surface area contributed by atoms with Crippen molar-refractivity contribution in [1.82, 2.24) is 15.0 Å². The summed E-state index contributed by atoms with van der Waals surface area (Å²) in [6.07, 6.45) is 10.2. The predicted octanol–water partition coefficient (Wildman–Crippen LogP) is 4.09. The van der Waals surface area contributed by atoms with Gasteiger partial charge in [-0.15, -0.1) is 0 Å². The minimum atomic E-state index is 0.139. The molecule has 0 saturated heterocycles. The van der Waals surface area contributed by atoms with Crippen molar-refractivity contribution in [3.05, 3.63) is 10.6 Å². The maximum absolute atomic E-state index is 5.77. The Hall–Kier alpha value is -0.610. The van der Waals surface area contributed by atoms with Gasteiger partial charge in [-0.1, -0.05) is 38.5 Å². The monoisotopic (exact) mass is 288 g/mol. The van der Waals surface area contributed by atoms with Gasteiger partial charge in [0.2, 0.25) is 16.5 Å². The van der Waals surface area contributed by atoms with Crippen molar-refractivity contribution >= 4 is 29.2 Å². The normalized spacial score (nSPS) is 18.8. The summed E-state index contributed by atoms with van der Waals surface area (Å²) in [5.74, 6) is 0.490. The molecule has 2 rings (SSSR count). The quantitative estimate of drug-likeness (QED) is 0.890. The van der Waals surface area contributed by atoms with Crippen molar-refractivity contribution in [2.75, 3.05) is 5.32 Å². The van der Waals surface area contributed by atoms with E-state index in [1.807, 2.05) is 0 Å². The van der Waals surface area contributed by atoms with Crippen LogP contribution in [0.25, 0.3) is 0 Å². The highest BCUT2D eigenvalue weighted by molar-refractivity contribution is 6.31. The lowest BCUT2D eigenvalue weighted by atomic mass is 10.1. The van der Waals surface area contributed by atoms with E-state index in [2.05, 4.69) is 20.3 Å². The van der Waals surface area contributed by atoms with Crippen LogP contribution in [-0.2, 0) is 0 Å². The third-order valence-corrected chi connectivity index (χ3v) is 3.61. The van der Waals surface area contributed by atoms with E-state index in [0.29, 0.717) is 12.0 Å². The van der Waals surface area contributed by atoms with Gasteiger partial charge < -0.3 is 5.32 Å². The largest absolute Gasteiger partial charge is 0.351 e. The number of nitrogens with zero attached hydrogens (tertiary/aromatic N) is 3. The molecular weight excluding hydrogens is 271 g/mol. The number of anilines is 1. The number of rotatable bonds is 2. The third-order valence-electron chi connectivity index (χ3n) is 3.27. The van der Waals surface area contributed by atoms with Crippen molar-refractivity contribution in [3.63, 3.8) is 0 Å². The van der Waals surface area contributed by atoms with Gasteiger partial charge in [0, 0.05) is 6.04 Å². The number of nitrogens with one attached hydrogen (secondary N) is 1. The summed E-state index contributed by atoms with van der Waals surface area (Å²) in [5.41, 5.74) is 0. The molecule has 100 valence electrons. The molecule has 0 aliphatic heterocycles. The van der Waals surface area contributed by atoms with Crippen LogP contribution in [0.4, 0.5) is 5.95 Å². The fourth-order valence-electron chi connectivity index (χ4n) is 2.35. The van der Waals surface area contributed by atoms with E-state index in [9.17, 15) is 0 Å². The molecule has 1 aliphatic carbocycles. The van der Waals surface area contributed by atoms with Gasteiger partial charge in [0.1, 0.15) is 0 Å². The molecule has 0 bridgehead atoms. The highest BCUT2D eigenvalue weighted by Gasteiger charge is 2.12. The van der Waals surface area contributed by atoms with Gasteiger partial charge in [-0.2, -0.15) is 15.0 Å². The van der Waals surface area contributed by atoms with Gasteiger partial charge in [-0.3, -0.25) is 0 Å². The standard InChI is InChI=1S/C12H18Cl2N4/c13-10-16-11(14)18-12(17-10)15-9-7-5-3-1-2-4-6-8-9/h9H,1-8H2,(H,15,16,17,18). The van der Waals surface area contributed by atoms with Crippen LogP contribution in [0.2, 0.25) is 10.6 Å². The summed E-state index contributed by atoms with van der Waals surface area (Å²) >= 11 is 11.5. The summed E-state index contributed by atoms with van der Waals surface area (Å²) in [6.45, 7) is 0. The van der Waals surface area contributed by atoms with E-state index in [0.717, 1.165) is 12.8 Å². The molecule has 18 heavy (non-hydrogen) atoms. The molecule has 1 N–H and O–H groups in total. The molecule has 0 aromatic carbocycles. The molecular formula is C12H18Cl2N4. The van der Waals surface area contributed by atoms with Crippen LogP contribution in [0.3, 0.4) is 0 Å². The Balaban J connectivity index is 1.96. The molecule has 1 aromatic heterocycles. The zero-order valence-electron chi connectivity index (χ0n) is 10.3. The maximum atomic E-state index is 5.77. The molecule has 0 amide bonds. The van der Waals surface area contributed by atoms with Crippen LogP contribution < -0.4 is 5.32 Å². The maximum Gasteiger partial charge on any atom is 0.228 e. The summed E-state index contributed by atoms with van der Waals surface area (Å²) in [7, 11) is 0. The van der Waals surface area contributed by atoms with Crippen LogP contribution >= 0.6 is 23.2 Å². The van der Waals surface area contributed by atoms with Gasteiger partial charge in [-0.25, -0.2) is 0 Å². The molecule has 1 aromatic rings. The van der Waals surface area contributed by atoms with Crippen LogP contribution in [-0.4, -0.2) is 21.0 Å². The molecule has 4 nitrogen and oxygen atoms in total. The molecule has 1 saturated carbocycles. The Kier molecular flexibility index (Phi) is 5.45. The Labute approximate surface area is 118 Å². The van der Waals surface area contributed by atoms with E-state index in [1.54, 1.807) is 0 Å². The van der Waals surface area contributed by atoms with Crippen molar-refractivity contribution in [2.24, 2.45) is 0 Å². The zero-order valence-corrected chi connectivity index (χ0v) is 11.8. The number of halogens is 2. The smallest absolute Gasteiger partial charge is 0.228 e. The first-order valence-corrected chi connectivity index (χ1v) is 7.33. The first-order chi connectivity index (χ1) is 8.74. The second-order valence-electron chi connectivity index (χ2n) is 4.74. The fourth-order valence-corrected chi connectivity index (χ4v) is 2.71. The lowest BCUT2D eigenvalue weighted by molar-refractivity contribution is 0.559. The Morgan fingerprint density at radius 2 is 1.28 bits per heavy atom. The van der Waals surface area contributed by atoms with Crippen LogP contribution in [0.5, 0.6) is 0 Å². The summed E-state index contributed by atoms with van der Waals surface area (Å²) in [4.78, 5) is 11.9. The number of hydrogen-bond donors (Lipinski definition) is 1. The average molecular weight is 289 g/mol. The average Bonchev–Trinajstić information content (AvgIpc) is 2.41. The second kappa shape index (κ2) is 7.10. The van der Waals surface area contributed by atoms with Crippen molar-refractivity contribution in [3.8, 4) is 0 Å². The molecule has 0 spiro atoms. The van der Waals surface area contributed by atoms with E-state index < -0.39 is 0 Å². The van der Waals surface area contributed by atoms with Gasteiger partial charge in [0.15, 0.2) is 0 Å². The van der Waals surface area contributed by atoms with Gasteiger partial charge in [0.25, 0.3) is 0 Å². The third kappa shape index (κ3) is 4.58. The molecule has 1 aliphatic rings. The molecule has 6 heteroatoms. The molecule has 0 atom stereocenters. The Morgan fingerprint density at radius 3 is 1.83 bits per heavy atom. The van der Waals surface area contributed by atoms with Crippen LogP contribution in [0.15, 0.2) is 0 Å². The Bertz CT molecular complexity index is 356. The van der Waals surface area contributed by atoms with Gasteiger partial charge >= 0.3 is 0 Å². The van der Waals surface area contributed by atoms with E-state index in [1.165, 1.54) is 38.5 Å². The van der Waals surface area contributed by atoms with Crippen molar-refractivity contribution in [2.45, 2.75) is 57.4 Å². The number of aromatic nitrogens is 3. The molecule has 0 radical (unpaired) electrons. The van der Waals surface area contributed by atoms with Gasteiger partial charge in [-0.05, 0) is 36.0 Å². The van der Waals surface area contributed by atoms with Crippen molar-refractivity contribution in [1.29, 1.82) is 0 Å². The summed E-state index contributed by atoms with van der Waals surface area (Å²) in [5, 5.41) is 3.61. The fraction of sp³-hybridized carbons (Fsp3) is 0.750. The highest BCUT2D eigenvalue weighted by atomic mass is 35.5. The minimum Gasteiger partial charge on any atom is -0.351 e. The first-order valence-electron chi connectivity index (χ1n) is 6.57. The summed E-state index contributed by atoms with van der Waals surface area (Å²) < 4.78 is 0. The molecule has 1 fully saturated rings. The molecule has 0 unspecified atom stereocenters. The second-order valence-corrected chi connectivity index (χ2v) is 5.41.